The summed E-state index contributed by atoms with van der Waals surface area (Å²) in [5, 5.41) is 11.5. The third-order valence-corrected chi connectivity index (χ3v) is 2.73. The smallest absolute Gasteiger partial charge is 0.356 e. The molecule has 0 atom stereocenters. The van der Waals surface area contributed by atoms with Crippen molar-refractivity contribution in [1.29, 1.82) is 0 Å². The SMILES string of the molecule is Cc1cccnc1C(=O)NCCn1cnc(C(=O)O)c1. The summed E-state index contributed by atoms with van der Waals surface area (Å²) in [6, 6.07) is 3.59. The van der Waals surface area contributed by atoms with E-state index in [2.05, 4.69) is 15.3 Å². The first-order valence-electron chi connectivity index (χ1n) is 6.03. The van der Waals surface area contributed by atoms with Gasteiger partial charge in [0.25, 0.3) is 5.91 Å². The highest BCUT2D eigenvalue weighted by molar-refractivity contribution is 5.93. The van der Waals surface area contributed by atoms with Gasteiger partial charge in [0.1, 0.15) is 5.69 Å². The van der Waals surface area contributed by atoms with Crippen molar-refractivity contribution in [2.24, 2.45) is 0 Å². The molecule has 0 spiro atoms. The van der Waals surface area contributed by atoms with Crippen LogP contribution in [0.3, 0.4) is 0 Å². The molecule has 2 aromatic heterocycles. The third kappa shape index (κ3) is 3.19. The predicted octanol–water partition coefficient (Wildman–Crippen LogP) is 0.715. The summed E-state index contributed by atoms with van der Waals surface area (Å²) in [6.07, 6.45) is 4.40. The summed E-state index contributed by atoms with van der Waals surface area (Å²) in [5.41, 5.74) is 1.18. The lowest BCUT2D eigenvalue weighted by Gasteiger charge is -2.06. The van der Waals surface area contributed by atoms with E-state index < -0.39 is 5.97 Å². The molecule has 0 bridgehead atoms. The number of amides is 1. The Morgan fingerprint density at radius 2 is 2.20 bits per heavy atom. The first-order valence-corrected chi connectivity index (χ1v) is 6.03. The number of carboxylic acid groups (broad SMARTS) is 1. The maximum absolute atomic E-state index is 11.9. The maximum atomic E-state index is 11.9. The highest BCUT2D eigenvalue weighted by atomic mass is 16.4. The van der Waals surface area contributed by atoms with Gasteiger partial charge in [0.15, 0.2) is 5.69 Å². The van der Waals surface area contributed by atoms with E-state index in [9.17, 15) is 9.59 Å². The quantitative estimate of drug-likeness (QED) is 0.837. The highest BCUT2D eigenvalue weighted by Gasteiger charge is 2.10. The van der Waals surface area contributed by atoms with E-state index in [1.807, 2.05) is 13.0 Å². The van der Waals surface area contributed by atoms with Crippen molar-refractivity contribution >= 4 is 11.9 Å². The first-order chi connectivity index (χ1) is 9.58. The fourth-order valence-electron chi connectivity index (χ4n) is 1.70. The molecule has 0 radical (unpaired) electrons. The Balaban J connectivity index is 1.88. The Morgan fingerprint density at radius 1 is 1.40 bits per heavy atom. The van der Waals surface area contributed by atoms with Crippen LogP contribution in [-0.4, -0.2) is 38.1 Å². The van der Waals surface area contributed by atoms with Gasteiger partial charge < -0.3 is 15.0 Å². The fraction of sp³-hybridized carbons (Fsp3) is 0.231. The summed E-state index contributed by atoms with van der Waals surface area (Å²) in [7, 11) is 0. The van der Waals surface area contributed by atoms with Crippen LogP contribution >= 0.6 is 0 Å². The van der Waals surface area contributed by atoms with Crippen LogP contribution in [0.25, 0.3) is 0 Å². The van der Waals surface area contributed by atoms with Gasteiger partial charge in [-0.1, -0.05) is 6.07 Å². The van der Waals surface area contributed by atoms with Crippen LogP contribution in [0.4, 0.5) is 0 Å². The van der Waals surface area contributed by atoms with Crippen molar-refractivity contribution in [1.82, 2.24) is 19.9 Å². The zero-order valence-electron chi connectivity index (χ0n) is 10.9. The zero-order valence-corrected chi connectivity index (χ0v) is 10.9. The number of imidazole rings is 1. The number of hydrogen-bond donors (Lipinski definition) is 2. The minimum atomic E-state index is -1.07. The Hall–Kier alpha value is -2.70. The lowest BCUT2D eigenvalue weighted by atomic mass is 10.2. The van der Waals surface area contributed by atoms with Crippen molar-refractivity contribution in [3.63, 3.8) is 0 Å². The van der Waals surface area contributed by atoms with E-state index in [1.54, 1.807) is 16.8 Å². The summed E-state index contributed by atoms with van der Waals surface area (Å²) < 4.78 is 1.61. The average molecular weight is 274 g/mol. The van der Waals surface area contributed by atoms with E-state index >= 15 is 0 Å². The summed E-state index contributed by atoms with van der Waals surface area (Å²) in [4.78, 5) is 30.3. The molecule has 20 heavy (non-hydrogen) atoms. The first kappa shape index (κ1) is 13.7. The number of carbonyl (C=O) groups excluding carboxylic acids is 1. The van der Waals surface area contributed by atoms with E-state index in [0.717, 1.165) is 5.56 Å². The Kier molecular flexibility index (Phi) is 4.09. The van der Waals surface area contributed by atoms with Crippen molar-refractivity contribution in [3.8, 4) is 0 Å². The van der Waals surface area contributed by atoms with E-state index in [-0.39, 0.29) is 11.6 Å². The molecule has 7 nitrogen and oxygen atoms in total. The number of nitrogens with one attached hydrogen (secondary N) is 1. The third-order valence-electron chi connectivity index (χ3n) is 2.73. The predicted molar refractivity (Wildman–Crippen MR) is 70.5 cm³/mol. The molecule has 0 fully saturated rings. The maximum Gasteiger partial charge on any atom is 0.356 e. The number of aryl methyl sites for hydroxylation is 1. The largest absolute Gasteiger partial charge is 0.476 e. The number of nitrogens with zero attached hydrogens (tertiary/aromatic N) is 3. The summed E-state index contributed by atoms with van der Waals surface area (Å²) >= 11 is 0. The fourth-order valence-corrected chi connectivity index (χ4v) is 1.70. The molecule has 2 aromatic rings. The van der Waals surface area contributed by atoms with Crippen molar-refractivity contribution < 1.29 is 14.7 Å². The van der Waals surface area contributed by atoms with Crippen LogP contribution < -0.4 is 5.32 Å². The minimum absolute atomic E-state index is 0.0168. The number of aromatic carboxylic acids is 1. The molecule has 2 N–H and O–H groups in total. The van der Waals surface area contributed by atoms with Crippen LogP contribution in [0.15, 0.2) is 30.9 Å². The molecule has 0 aliphatic rings. The standard InChI is InChI=1S/C13H14N4O3/c1-9-3-2-4-14-11(9)12(18)15-5-6-17-7-10(13(19)20)16-8-17/h2-4,7-8H,5-6H2,1H3,(H,15,18)(H,19,20). The molecule has 2 heterocycles. The van der Waals surface area contributed by atoms with Gasteiger partial charge in [-0.15, -0.1) is 0 Å². The molecule has 0 saturated carbocycles. The normalized spacial score (nSPS) is 10.2. The van der Waals surface area contributed by atoms with Gasteiger partial charge in [0, 0.05) is 25.5 Å². The van der Waals surface area contributed by atoms with Gasteiger partial charge in [0.05, 0.1) is 6.33 Å². The Bertz CT molecular complexity index is 636. The molecule has 0 aromatic carbocycles. The monoisotopic (exact) mass is 274 g/mol. The summed E-state index contributed by atoms with van der Waals surface area (Å²) in [5.74, 6) is -1.32. The van der Waals surface area contributed by atoms with Gasteiger partial charge in [-0.2, -0.15) is 0 Å². The van der Waals surface area contributed by atoms with E-state index in [4.69, 9.17) is 5.11 Å². The van der Waals surface area contributed by atoms with E-state index in [1.165, 1.54) is 12.5 Å². The second-order valence-corrected chi connectivity index (χ2v) is 4.23. The molecule has 1 amide bonds. The lowest BCUT2D eigenvalue weighted by molar-refractivity contribution is 0.0690. The van der Waals surface area contributed by atoms with Gasteiger partial charge >= 0.3 is 5.97 Å². The van der Waals surface area contributed by atoms with Crippen LogP contribution in [0, 0.1) is 6.92 Å². The lowest BCUT2D eigenvalue weighted by Crippen LogP contribution is -2.28. The van der Waals surface area contributed by atoms with Crippen LogP contribution in [-0.2, 0) is 6.54 Å². The Labute approximate surface area is 115 Å². The number of hydrogen-bond acceptors (Lipinski definition) is 4. The second-order valence-electron chi connectivity index (χ2n) is 4.23. The van der Waals surface area contributed by atoms with Crippen molar-refractivity contribution in [2.75, 3.05) is 6.54 Å². The van der Waals surface area contributed by atoms with Crippen LogP contribution in [0.5, 0.6) is 0 Å². The number of rotatable bonds is 5. The molecule has 0 unspecified atom stereocenters. The number of carboxylic acids is 1. The molecular weight excluding hydrogens is 260 g/mol. The average Bonchev–Trinajstić information content (AvgIpc) is 2.88. The molecular formula is C13H14N4O3. The molecule has 104 valence electrons. The highest BCUT2D eigenvalue weighted by Crippen LogP contribution is 2.02. The number of carbonyl (C=O) groups is 2. The molecule has 0 aliphatic heterocycles. The van der Waals surface area contributed by atoms with Crippen LogP contribution in [0.1, 0.15) is 26.5 Å². The molecule has 7 heteroatoms. The second kappa shape index (κ2) is 5.96. The van der Waals surface area contributed by atoms with Gasteiger partial charge in [-0.05, 0) is 18.6 Å². The van der Waals surface area contributed by atoms with Crippen LogP contribution in [0.2, 0.25) is 0 Å². The van der Waals surface area contributed by atoms with Gasteiger partial charge in [0.2, 0.25) is 0 Å². The molecule has 0 aliphatic carbocycles. The van der Waals surface area contributed by atoms with Crippen molar-refractivity contribution in [2.45, 2.75) is 13.5 Å². The number of pyridine rings is 1. The Morgan fingerprint density at radius 3 is 2.85 bits per heavy atom. The van der Waals surface area contributed by atoms with Crippen molar-refractivity contribution in [3.05, 3.63) is 47.8 Å². The van der Waals surface area contributed by atoms with Gasteiger partial charge in [-0.25, -0.2) is 9.78 Å². The molecule has 0 saturated heterocycles. The number of aromatic nitrogens is 3. The summed E-state index contributed by atoms with van der Waals surface area (Å²) in [6.45, 7) is 2.62. The van der Waals surface area contributed by atoms with E-state index in [0.29, 0.717) is 18.8 Å². The zero-order chi connectivity index (χ0) is 14.5. The minimum Gasteiger partial charge on any atom is -0.476 e. The topological polar surface area (TPSA) is 97.1 Å². The molecule has 2 rings (SSSR count). The van der Waals surface area contributed by atoms with Gasteiger partial charge in [-0.3, -0.25) is 9.78 Å².